The number of anilines is 1. The minimum absolute atomic E-state index is 0.0704. The van der Waals surface area contributed by atoms with Gasteiger partial charge in [-0.3, -0.25) is 18.7 Å². The van der Waals surface area contributed by atoms with Crippen LogP contribution < -0.4 is 15.2 Å². The van der Waals surface area contributed by atoms with Gasteiger partial charge in [-0.2, -0.15) is 9.97 Å². The highest BCUT2D eigenvalue weighted by Crippen LogP contribution is 2.28. The number of nitrogens with zero attached hydrogens (tertiary/aromatic N) is 6. The molecular weight excluding hydrogens is 444 g/mol. The van der Waals surface area contributed by atoms with Crippen molar-refractivity contribution in [1.82, 2.24) is 24.0 Å². The quantitative estimate of drug-likeness (QED) is 0.528. The molecule has 9 heteroatoms. The number of piperidine rings is 1. The Hall–Kier alpha value is -3.80. The first kappa shape index (κ1) is 23.0. The zero-order chi connectivity index (χ0) is 24.4. The second kappa shape index (κ2) is 9.82. The molecule has 0 radical (unpaired) electrons. The zero-order valence-electron chi connectivity index (χ0n) is 20.3. The van der Waals surface area contributed by atoms with Gasteiger partial charge in [0.2, 0.25) is 5.95 Å². The lowest BCUT2D eigenvalue weighted by Crippen LogP contribution is -2.32. The predicted octanol–water partition coefficient (Wildman–Crippen LogP) is 3.17. The lowest BCUT2D eigenvalue weighted by atomic mass is 10.1. The summed E-state index contributed by atoms with van der Waals surface area (Å²) in [5, 5.41) is 0. The van der Waals surface area contributed by atoms with Crippen LogP contribution in [0.3, 0.4) is 0 Å². The number of benzene rings is 1. The number of aromatic nitrogens is 4. The highest BCUT2D eigenvalue weighted by molar-refractivity contribution is 5.97. The Labute approximate surface area is 204 Å². The maximum Gasteiger partial charge on any atom is 0.306 e. The Bertz CT molecular complexity index is 1370. The maximum absolute atomic E-state index is 13.5. The Morgan fingerprint density at radius 3 is 2.49 bits per heavy atom. The van der Waals surface area contributed by atoms with Crippen molar-refractivity contribution in [3.05, 3.63) is 40.2 Å². The Balaban J connectivity index is 1.56. The van der Waals surface area contributed by atoms with Gasteiger partial charge in [-0.25, -0.2) is 0 Å². The number of fused-ring (bicyclic) bond motifs is 1. The Morgan fingerprint density at radius 1 is 1.03 bits per heavy atom. The van der Waals surface area contributed by atoms with Crippen LogP contribution >= 0.6 is 0 Å². The molecule has 4 heterocycles. The first-order chi connectivity index (χ1) is 17.1. The summed E-state index contributed by atoms with van der Waals surface area (Å²) < 4.78 is 9.33. The molecule has 0 unspecified atom stereocenters. The minimum Gasteiger partial charge on any atom is -0.425 e. The SMILES string of the molecule is CC#CCn1c(N2CCCCC2)nc2nc(Oc3ccccc3C(=O)N3CCCC3)n(C)c(=O)c21. The van der Waals surface area contributed by atoms with Crippen molar-refractivity contribution in [2.45, 2.75) is 45.6 Å². The molecule has 0 saturated carbocycles. The summed E-state index contributed by atoms with van der Waals surface area (Å²) >= 11 is 0. The molecule has 2 saturated heterocycles. The van der Waals surface area contributed by atoms with E-state index in [-0.39, 0.29) is 17.5 Å². The molecule has 0 atom stereocenters. The second-order valence-electron chi connectivity index (χ2n) is 9.00. The van der Waals surface area contributed by atoms with Crippen LogP contribution in [0.15, 0.2) is 29.1 Å². The predicted molar refractivity (Wildman–Crippen MR) is 134 cm³/mol. The fourth-order valence-corrected chi connectivity index (χ4v) is 4.78. The van der Waals surface area contributed by atoms with Gasteiger partial charge in [0.25, 0.3) is 11.5 Å². The van der Waals surface area contributed by atoms with Crippen molar-refractivity contribution in [2.24, 2.45) is 7.05 Å². The molecule has 3 aromatic rings. The van der Waals surface area contributed by atoms with Gasteiger partial charge in [0.15, 0.2) is 11.2 Å². The van der Waals surface area contributed by atoms with E-state index in [1.165, 1.54) is 11.0 Å². The summed E-state index contributed by atoms with van der Waals surface area (Å²) in [5.41, 5.74) is 0.929. The fourth-order valence-electron chi connectivity index (χ4n) is 4.78. The molecule has 35 heavy (non-hydrogen) atoms. The van der Waals surface area contributed by atoms with Gasteiger partial charge in [0.1, 0.15) is 5.75 Å². The first-order valence-corrected chi connectivity index (χ1v) is 12.3. The summed E-state index contributed by atoms with van der Waals surface area (Å²) in [4.78, 5) is 40.0. The van der Waals surface area contributed by atoms with E-state index in [4.69, 9.17) is 9.72 Å². The van der Waals surface area contributed by atoms with E-state index in [0.717, 1.165) is 51.9 Å². The van der Waals surface area contributed by atoms with Gasteiger partial charge in [-0.05, 0) is 51.2 Å². The highest BCUT2D eigenvalue weighted by Gasteiger charge is 2.26. The van der Waals surface area contributed by atoms with Gasteiger partial charge in [-0.1, -0.05) is 18.1 Å². The number of ether oxygens (including phenoxy) is 1. The summed E-state index contributed by atoms with van der Waals surface area (Å²) in [5.74, 6) is 7.00. The van der Waals surface area contributed by atoms with E-state index in [9.17, 15) is 9.59 Å². The number of imidazole rings is 1. The van der Waals surface area contributed by atoms with E-state index in [2.05, 4.69) is 21.7 Å². The van der Waals surface area contributed by atoms with Gasteiger partial charge in [0, 0.05) is 33.2 Å². The molecule has 1 aromatic carbocycles. The van der Waals surface area contributed by atoms with Crippen molar-refractivity contribution in [1.29, 1.82) is 0 Å². The molecule has 2 aliphatic rings. The molecule has 2 aliphatic heterocycles. The van der Waals surface area contributed by atoms with Crippen LogP contribution in [0.25, 0.3) is 11.2 Å². The summed E-state index contributed by atoms with van der Waals surface area (Å²) in [7, 11) is 1.62. The average molecular weight is 475 g/mol. The van der Waals surface area contributed by atoms with Crippen molar-refractivity contribution < 1.29 is 9.53 Å². The van der Waals surface area contributed by atoms with E-state index in [1.54, 1.807) is 32.2 Å². The number of hydrogen-bond donors (Lipinski definition) is 0. The van der Waals surface area contributed by atoms with Gasteiger partial charge in [-0.15, -0.1) is 5.92 Å². The van der Waals surface area contributed by atoms with Crippen LogP contribution in [0.4, 0.5) is 5.95 Å². The number of rotatable bonds is 5. The number of carbonyl (C=O) groups is 1. The number of para-hydroxylation sites is 1. The fraction of sp³-hybridized carbons (Fsp3) is 0.462. The van der Waals surface area contributed by atoms with E-state index >= 15 is 0 Å². The molecule has 9 nitrogen and oxygen atoms in total. The number of amides is 1. The van der Waals surface area contributed by atoms with Gasteiger partial charge < -0.3 is 14.5 Å². The molecule has 0 spiro atoms. The molecule has 5 rings (SSSR count). The monoisotopic (exact) mass is 474 g/mol. The Kier molecular flexibility index (Phi) is 6.45. The van der Waals surface area contributed by atoms with Crippen molar-refractivity contribution in [3.63, 3.8) is 0 Å². The summed E-state index contributed by atoms with van der Waals surface area (Å²) in [6.45, 7) is 5.41. The average Bonchev–Trinajstić information content (AvgIpc) is 3.55. The standard InChI is InChI=1S/C26H30N6O3/c1-3-4-18-32-21-22(27-25(32)31-16-8-5-9-17-31)28-26(29(2)24(21)34)35-20-13-7-6-12-19(20)23(33)30-14-10-11-15-30/h6-7,12-13H,5,8-11,14-18H2,1-2H3. The van der Waals surface area contributed by atoms with Crippen LogP contribution in [-0.4, -0.2) is 56.1 Å². The van der Waals surface area contributed by atoms with Crippen LogP contribution in [0.2, 0.25) is 0 Å². The summed E-state index contributed by atoms with van der Waals surface area (Å²) in [6, 6.07) is 7.19. The molecule has 1 amide bonds. The molecule has 0 bridgehead atoms. The third-order valence-corrected chi connectivity index (χ3v) is 6.69. The van der Waals surface area contributed by atoms with E-state index in [0.29, 0.717) is 35.0 Å². The van der Waals surface area contributed by atoms with Crippen molar-refractivity contribution in [2.75, 3.05) is 31.1 Å². The molecule has 2 aromatic heterocycles. The topological polar surface area (TPSA) is 85.5 Å². The third kappa shape index (κ3) is 4.36. The molecule has 0 aliphatic carbocycles. The lowest BCUT2D eigenvalue weighted by Gasteiger charge is -2.27. The number of carbonyl (C=O) groups excluding carboxylic acids is 1. The number of hydrogen-bond acceptors (Lipinski definition) is 6. The zero-order valence-corrected chi connectivity index (χ0v) is 20.3. The molecule has 0 N–H and O–H groups in total. The molecule has 182 valence electrons. The van der Waals surface area contributed by atoms with E-state index < -0.39 is 0 Å². The maximum atomic E-state index is 13.5. The van der Waals surface area contributed by atoms with E-state index in [1.807, 2.05) is 15.5 Å². The van der Waals surface area contributed by atoms with Crippen LogP contribution in [0.5, 0.6) is 11.8 Å². The highest BCUT2D eigenvalue weighted by atomic mass is 16.5. The van der Waals surface area contributed by atoms with Crippen LogP contribution in [0, 0.1) is 11.8 Å². The summed E-state index contributed by atoms with van der Waals surface area (Å²) in [6.07, 6.45) is 5.38. The lowest BCUT2D eigenvalue weighted by molar-refractivity contribution is 0.0790. The van der Waals surface area contributed by atoms with Crippen molar-refractivity contribution >= 4 is 23.0 Å². The largest absolute Gasteiger partial charge is 0.425 e. The minimum atomic E-state index is -0.262. The number of likely N-dealkylation sites (tertiary alicyclic amines) is 1. The first-order valence-electron chi connectivity index (χ1n) is 12.3. The van der Waals surface area contributed by atoms with Crippen molar-refractivity contribution in [3.8, 4) is 23.6 Å². The third-order valence-electron chi connectivity index (χ3n) is 6.69. The smallest absolute Gasteiger partial charge is 0.306 e. The molecule has 2 fully saturated rings. The van der Waals surface area contributed by atoms with Crippen LogP contribution in [-0.2, 0) is 13.6 Å². The normalized spacial score (nSPS) is 15.8. The van der Waals surface area contributed by atoms with Gasteiger partial charge in [0.05, 0.1) is 12.1 Å². The van der Waals surface area contributed by atoms with Crippen LogP contribution in [0.1, 0.15) is 49.4 Å². The van der Waals surface area contributed by atoms with Gasteiger partial charge >= 0.3 is 6.01 Å². The Morgan fingerprint density at radius 2 is 1.74 bits per heavy atom. The molecular formula is C26H30N6O3. The second-order valence-corrected chi connectivity index (χ2v) is 9.00.